The largest absolute Gasteiger partial charge is 0.398 e. The summed E-state index contributed by atoms with van der Waals surface area (Å²) in [5, 5.41) is 6.17. The highest BCUT2D eigenvalue weighted by atomic mass is 35.5. The van der Waals surface area contributed by atoms with E-state index in [4.69, 9.17) is 17.3 Å². The molecule has 0 spiro atoms. The molecule has 0 radical (unpaired) electrons. The van der Waals surface area contributed by atoms with Crippen LogP contribution in [-0.2, 0) is 0 Å². The van der Waals surface area contributed by atoms with Crippen LogP contribution < -0.4 is 16.4 Å². The van der Waals surface area contributed by atoms with Crippen LogP contribution in [-0.4, -0.2) is 17.9 Å². The first-order valence-electron chi connectivity index (χ1n) is 8.81. The van der Waals surface area contributed by atoms with Gasteiger partial charge in [0, 0.05) is 17.4 Å². The number of halogens is 1. The summed E-state index contributed by atoms with van der Waals surface area (Å²) in [7, 11) is 0. The fourth-order valence-electron chi connectivity index (χ4n) is 3.19. The van der Waals surface area contributed by atoms with Crippen molar-refractivity contribution in [2.24, 2.45) is 0 Å². The number of carbonyl (C=O) groups is 2. The number of hydrogen-bond donors (Lipinski definition) is 3. The average Bonchev–Trinajstić information content (AvgIpc) is 2.64. The number of hydrogen-bond acceptors (Lipinski definition) is 3. The maximum absolute atomic E-state index is 12.6. The van der Waals surface area contributed by atoms with E-state index < -0.39 is 0 Å². The van der Waals surface area contributed by atoms with E-state index in [1.807, 2.05) is 0 Å². The van der Waals surface area contributed by atoms with Crippen molar-refractivity contribution in [3.63, 3.8) is 0 Å². The first-order valence-corrected chi connectivity index (χ1v) is 9.18. The van der Waals surface area contributed by atoms with Crippen molar-refractivity contribution in [1.29, 1.82) is 0 Å². The average molecular weight is 372 g/mol. The van der Waals surface area contributed by atoms with Gasteiger partial charge in [-0.05, 0) is 43.2 Å². The van der Waals surface area contributed by atoms with Crippen molar-refractivity contribution in [2.45, 2.75) is 38.1 Å². The van der Waals surface area contributed by atoms with Crippen molar-refractivity contribution in [1.82, 2.24) is 5.32 Å². The highest BCUT2D eigenvalue weighted by Gasteiger charge is 2.19. The van der Waals surface area contributed by atoms with Crippen LogP contribution in [0, 0.1) is 0 Å². The third-order valence-corrected chi connectivity index (χ3v) is 4.94. The zero-order valence-corrected chi connectivity index (χ0v) is 15.2. The van der Waals surface area contributed by atoms with E-state index in [1.54, 1.807) is 42.5 Å². The zero-order chi connectivity index (χ0) is 18.5. The topological polar surface area (TPSA) is 84.2 Å². The molecule has 1 aliphatic rings. The van der Waals surface area contributed by atoms with Gasteiger partial charge in [0.15, 0.2) is 0 Å². The molecule has 0 heterocycles. The van der Waals surface area contributed by atoms with E-state index in [0.29, 0.717) is 27.5 Å². The number of anilines is 2. The Bertz CT molecular complexity index is 816. The third kappa shape index (κ3) is 4.35. The number of amides is 2. The minimum atomic E-state index is -0.330. The molecule has 0 saturated heterocycles. The van der Waals surface area contributed by atoms with Gasteiger partial charge in [-0.15, -0.1) is 0 Å². The van der Waals surface area contributed by atoms with E-state index >= 15 is 0 Å². The van der Waals surface area contributed by atoms with Crippen LogP contribution in [0.1, 0.15) is 52.8 Å². The quantitative estimate of drug-likeness (QED) is 0.703. The Morgan fingerprint density at radius 1 is 0.962 bits per heavy atom. The summed E-state index contributed by atoms with van der Waals surface area (Å²) >= 11 is 6.19. The fraction of sp³-hybridized carbons (Fsp3) is 0.300. The fourth-order valence-corrected chi connectivity index (χ4v) is 3.39. The molecule has 1 aliphatic carbocycles. The van der Waals surface area contributed by atoms with Crippen molar-refractivity contribution in [3.8, 4) is 0 Å². The molecule has 26 heavy (non-hydrogen) atoms. The molecule has 3 rings (SSSR count). The second-order valence-corrected chi connectivity index (χ2v) is 6.95. The molecule has 6 heteroatoms. The van der Waals surface area contributed by atoms with Gasteiger partial charge in [0.05, 0.1) is 16.1 Å². The van der Waals surface area contributed by atoms with Crippen LogP contribution in [0.15, 0.2) is 42.5 Å². The van der Waals surface area contributed by atoms with Crippen LogP contribution in [0.4, 0.5) is 11.4 Å². The van der Waals surface area contributed by atoms with E-state index in [2.05, 4.69) is 10.6 Å². The maximum Gasteiger partial charge on any atom is 0.257 e. The Kier molecular flexibility index (Phi) is 5.78. The Balaban J connectivity index is 1.73. The van der Waals surface area contributed by atoms with Gasteiger partial charge in [-0.3, -0.25) is 9.59 Å². The summed E-state index contributed by atoms with van der Waals surface area (Å²) in [6.07, 6.45) is 5.47. The van der Waals surface area contributed by atoms with Gasteiger partial charge in [-0.2, -0.15) is 0 Å². The maximum atomic E-state index is 12.6. The van der Waals surface area contributed by atoms with Gasteiger partial charge >= 0.3 is 0 Å². The number of benzene rings is 2. The Morgan fingerprint density at radius 2 is 1.69 bits per heavy atom. The third-order valence-electron chi connectivity index (χ3n) is 4.61. The lowest BCUT2D eigenvalue weighted by molar-refractivity contribution is 0.0926. The minimum Gasteiger partial charge on any atom is -0.398 e. The second kappa shape index (κ2) is 8.23. The smallest absolute Gasteiger partial charge is 0.257 e. The van der Waals surface area contributed by atoms with Gasteiger partial charge in [-0.1, -0.05) is 43.0 Å². The second-order valence-electron chi connectivity index (χ2n) is 6.54. The van der Waals surface area contributed by atoms with E-state index in [1.165, 1.54) is 6.42 Å². The van der Waals surface area contributed by atoms with Gasteiger partial charge < -0.3 is 16.4 Å². The van der Waals surface area contributed by atoms with Gasteiger partial charge in [-0.25, -0.2) is 0 Å². The van der Waals surface area contributed by atoms with Gasteiger partial charge in [0.1, 0.15) is 0 Å². The predicted molar refractivity (Wildman–Crippen MR) is 105 cm³/mol. The van der Waals surface area contributed by atoms with Crippen LogP contribution in [0.2, 0.25) is 5.02 Å². The minimum absolute atomic E-state index is 0.190. The Labute approximate surface area is 157 Å². The summed E-state index contributed by atoms with van der Waals surface area (Å²) in [6.45, 7) is 0. The molecule has 2 aromatic rings. The molecule has 0 aromatic heterocycles. The molecule has 1 saturated carbocycles. The Hall–Kier alpha value is -2.53. The van der Waals surface area contributed by atoms with Crippen LogP contribution in [0.5, 0.6) is 0 Å². The molecule has 0 aliphatic heterocycles. The lowest BCUT2D eigenvalue weighted by Crippen LogP contribution is -2.36. The van der Waals surface area contributed by atoms with Crippen LogP contribution in [0.25, 0.3) is 0 Å². The van der Waals surface area contributed by atoms with E-state index in [-0.39, 0.29) is 17.9 Å². The highest BCUT2D eigenvalue weighted by Crippen LogP contribution is 2.23. The highest BCUT2D eigenvalue weighted by molar-refractivity contribution is 6.34. The summed E-state index contributed by atoms with van der Waals surface area (Å²) in [5.74, 6) is -0.540. The number of carbonyl (C=O) groups excluding carboxylic acids is 2. The molecule has 2 aromatic carbocycles. The lowest BCUT2D eigenvalue weighted by atomic mass is 9.95. The standard InChI is InChI=1S/C20H22ClN3O2/c21-17-11-10-14(24-19(25)15-8-4-5-9-18(15)22)12-16(17)20(26)23-13-6-2-1-3-7-13/h4-5,8-13H,1-3,6-7,22H2,(H,23,26)(H,24,25). The molecular formula is C20H22ClN3O2. The first kappa shape index (κ1) is 18.3. The van der Waals surface area contributed by atoms with Crippen molar-refractivity contribution in [3.05, 3.63) is 58.6 Å². The normalized spacial score (nSPS) is 14.7. The SMILES string of the molecule is Nc1ccccc1C(=O)Nc1ccc(Cl)c(C(=O)NC2CCCCC2)c1. The molecule has 136 valence electrons. The van der Waals surface area contributed by atoms with Gasteiger partial charge in [0.2, 0.25) is 0 Å². The number of para-hydroxylation sites is 1. The van der Waals surface area contributed by atoms with E-state index in [0.717, 1.165) is 25.7 Å². The molecule has 4 N–H and O–H groups in total. The molecular weight excluding hydrogens is 350 g/mol. The molecule has 2 amide bonds. The lowest BCUT2D eigenvalue weighted by Gasteiger charge is -2.23. The van der Waals surface area contributed by atoms with Gasteiger partial charge in [0.25, 0.3) is 11.8 Å². The Morgan fingerprint density at radius 3 is 2.42 bits per heavy atom. The first-order chi connectivity index (χ1) is 12.5. The molecule has 1 fully saturated rings. The summed E-state index contributed by atoms with van der Waals surface area (Å²) in [5.41, 5.74) is 7.47. The number of nitrogen functional groups attached to an aromatic ring is 1. The molecule has 0 atom stereocenters. The van der Waals surface area contributed by atoms with Crippen LogP contribution >= 0.6 is 11.6 Å². The van der Waals surface area contributed by atoms with Crippen LogP contribution in [0.3, 0.4) is 0 Å². The summed E-state index contributed by atoms with van der Waals surface area (Å²) in [6, 6.07) is 11.9. The number of nitrogens with two attached hydrogens (primary N) is 1. The number of nitrogens with one attached hydrogen (secondary N) is 2. The summed E-state index contributed by atoms with van der Waals surface area (Å²) in [4.78, 5) is 25.0. The zero-order valence-electron chi connectivity index (χ0n) is 14.4. The van der Waals surface area contributed by atoms with E-state index in [9.17, 15) is 9.59 Å². The predicted octanol–water partition coefficient (Wildman–Crippen LogP) is 4.24. The van der Waals surface area contributed by atoms with Crippen molar-refractivity contribution >= 4 is 34.8 Å². The summed E-state index contributed by atoms with van der Waals surface area (Å²) < 4.78 is 0. The van der Waals surface area contributed by atoms with Crippen molar-refractivity contribution < 1.29 is 9.59 Å². The van der Waals surface area contributed by atoms with Crippen molar-refractivity contribution in [2.75, 3.05) is 11.1 Å². The number of rotatable bonds is 4. The molecule has 0 bridgehead atoms. The molecule has 0 unspecified atom stereocenters. The monoisotopic (exact) mass is 371 g/mol. The molecule has 5 nitrogen and oxygen atoms in total.